The highest BCUT2D eigenvalue weighted by molar-refractivity contribution is 6.30. The Balaban J connectivity index is 1.66. The van der Waals surface area contributed by atoms with Gasteiger partial charge in [-0.1, -0.05) is 23.7 Å². The van der Waals surface area contributed by atoms with Crippen LogP contribution < -0.4 is 9.47 Å². The average Bonchev–Trinajstić information content (AvgIpc) is 3.13. The molecule has 0 atom stereocenters. The number of aromatic nitrogens is 1. The van der Waals surface area contributed by atoms with Crippen LogP contribution in [0.15, 0.2) is 66.7 Å². The van der Waals surface area contributed by atoms with Crippen molar-refractivity contribution in [3.05, 3.63) is 104 Å². The minimum atomic E-state index is -0.892. The molecule has 4 rings (SSSR count). The van der Waals surface area contributed by atoms with Crippen molar-refractivity contribution < 1.29 is 29.0 Å². The third kappa shape index (κ3) is 5.31. The van der Waals surface area contributed by atoms with Crippen molar-refractivity contribution in [3.63, 3.8) is 0 Å². The summed E-state index contributed by atoms with van der Waals surface area (Å²) in [6.45, 7) is 1.50. The first kappa shape index (κ1) is 24.7. The van der Waals surface area contributed by atoms with E-state index in [-0.39, 0.29) is 24.7 Å². The molecule has 0 bridgehead atoms. The van der Waals surface area contributed by atoms with E-state index in [1.165, 1.54) is 13.2 Å². The van der Waals surface area contributed by atoms with Gasteiger partial charge in [-0.3, -0.25) is 14.2 Å². The minimum absolute atomic E-state index is 0.119. The first-order valence-corrected chi connectivity index (χ1v) is 11.2. The smallest absolute Gasteiger partial charge is 0.315 e. The van der Waals surface area contributed by atoms with Gasteiger partial charge >= 0.3 is 5.97 Å². The van der Waals surface area contributed by atoms with Crippen LogP contribution >= 0.6 is 11.6 Å². The molecular formula is C26H21ClN2O7. The molecular weight excluding hydrogens is 488 g/mol. The van der Waals surface area contributed by atoms with Gasteiger partial charge in [-0.15, -0.1) is 10.1 Å². The molecule has 0 amide bonds. The fraction of sp³-hybridized carbons (Fsp3) is 0.154. The lowest BCUT2D eigenvalue weighted by Gasteiger charge is -2.09. The topological polar surface area (TPSA) is 110 Å². The van der Waals surface area contributed by atoms with E-state index in [2.05, 4.69) is 4.84 Å². The van der Waals surface area contributed by atoms with Crippen molar-refractivity contribution in [2.24, 2.45) is 0 Å². The quantitative estimate of drug-likeness (QED) is 0.140. The number of carbonyl (C=O) groups is 2. The Morgan fingerprint density at radius 3 is 2.47 bits per heavy atom. The fourth-order valence-electron chi connectivity index (χ4n) is 3.93. The van der Waals surface area contributed by atoms with Crippen molar-refractivity contribution >= 4 is 34.4 Å². The molecule has 184 valence electrons. The van der Waals surface area contributed by atoms with E-state index in [4.69, 9.17) is 21.1 Å². The monoisotopic (exact) mass is 508 g/mol. The highest BCUT2D eigenvalue weighted by Gasteiger charge is 2.23. The summed E-state index contributed by atoms with van der Waals surface area (Å²) in [5.74, 6) is -0.0314. The van der Waals surface area contributed by atoms with Crippen molar-refractivity contribution in [2.45, 2.75) is 20.0 Å². The van der Waals surface area contributed by atoms with Crippen LogP contribution in [-0.4, -0.2) is 28.6 Å². The summed E-state index contributed by atoms with van der Waals surface area (Å²) >= 11 is 5.97. The lowest BCUT2D eigenvalue weighted by molar-refractivity contribution is -0.763. The molecule has 0 aliphatic carbocycles. The molecule has 10 heteroatoms. The van der Waals surface area contributed by atoms with Crippen molar-refractivity contribution in [2.75, 3.05) is 7.11 Å². The number of hydrogen-bond acceptors (Lipinski definition) is 7. The fourth-order valence-corrected chi connectivity index (χ4v) is 4.06. The maximum Gasteiger partial charge on any atom is 0.315 e. The van der Waals surface area contributed by atoms with E-state index in [1.807, 2.05) is 0 Å². The predicted molar refractivity (Wildman–Crippen MR) is 132 cm³/mol. The van der Waals surface area contributed by atoms with Crippen molar-refractivity contribution in [1.82, 2.24) is 4.57 Å². The zero-order chi connectivity index (χ0) is 25.8. The molecule has 9 nitrogen and oxygen atoms in total. The largest absolute Gasteiger partial charge is 0.497 e. The minimum Gasteiger partial charge on any atom is -0.497 e. The standard InChI is InChI=1S/C26H21ClN2O7/c1-16-22(14-25(30)36-21-5-3-4-17(12-21)15-35-29(32)33)23-13-20(34-2)10-11-24(23)28(16)26(31)18-6-8-19(27)9-7-18/h3-13H,14-15H2,1-2H3. The number of halogens is 1. The third-order valence-corrected chi connectivity index (χ3v) is 5.88. The molecule has 0 aliphatic rings. The molecule has 0 saturated heterocycles. The number of carbonyl (C=O) groups excluding carboxylic acids is 2. The molecule has 36 heavy (non-hydrogen) atoms. The van der Waals surface area contributed by atoms with E-state index in [0.717, 1.165) is 0 Å². The average molecular weight is 509 g/mol. The number of fused-ring (bicyclic) bond motifs is 1. The summed E-state index contributed by atoms with van der Waals surface area (Å²) in [7, 11) is 1.54. The zero-order valence-electron chi connectivity index (χ0n) is 19.4. The van der Waals surface area contributed by atoms with Gasteiger partial charge in [-0.05, 0) is 72.6 Å². The van der Waals surface area contributed by atoms with E-state index >= 15 is 0 Å². The summed E-state index contributed by atoms with van der Waals surface area (Å²) in [4.78, 5) is 41.1. The van der Waals surface area contributed by atoms with Crippen LogP contribution in [0.25, 0.3) is 10.9 Å². The van der Waals surface area contributed by atoms with Crippen molar-refractivity contribution in [3.8, 4) is 11.5 Å². The molecule has 3 aromatic carbocycles. The Labute approximate surface area is 210 Å². The number of esters is 1. The SMILES string of the molecule is COc1ccc2c(c1)c(CC(=O)Oc1cccc(CO[N+](=O)[O-])c1)c(C)n2C(=O)c1ccc(Cl)cc1. The van der Waals surface area contributed by atoms with E-state index in [9.17, 15) is 19.7 Å². The van der Waals surface area contributed by atoms with E-state index < -0.39 is 11.1 Å². The molecule has 1 aromatic heterocycles. The molecule has 0 spiro atoms. The molecule has 0 unspecified atom stereocenters. The van der Waals surface area contributed by atoms with Gasteiger partial charge in [0.1, 0.15) is 18.1 Å². The van der Waals surface area contributed by atoms with Crippen LogP contribution in [0.1, 0.15) is 27.2 Å². The van der Waals surface area contributed by atoms with Gasteiger partial charge in [0.05, 0.1) is 19.0 Å². The Bertz CT molecular complexity index is 1460. The second-order valence-electron chi connectivity index (χ2n) is 7.89. The van der Waals surface area contributed by atoms with Crippen molar-refractivity contribution in [1.29, 1.82) is 0 Å². The normalized spacial score (nSPS) is 10.8. The Kier molecular flexibility index (Phi) is 7.21. The van der Waals surface area contributed by atoms with Gasteiger partial charge in [0, 0.05) is 21.7 Å². The number of nitrogens with zero attached hydrogens (tertiary/aromatic N) is 2. The van der Waals surface area contributed by atoms with Gasteiger partial charge in [0.25, 0.3) is 11.0 Å². The molecule has 0 radical (unpaired) electrons. The molecule has 4 aromatic rings. The Morgan fingerprint density at radius 1 is 1.03 bits per heavy atom. The van der Waals surface area contributed by atoms with Gasteiger partial charge in [0.15, 0.2) is 0 Å². The number of methoxy groups -OCH3 is 1. The first-order chi connectivity index (χ1) is 17.3. The summed E-state index contributed by atoms with van der Waals surface area (Å²) in [6.07, 6.45) is -0.119. The van der Waals surface area contributed by atoms with Crippen LogP contribution in [0.5, 0.6) is 11.5 Å². The van der Waals surface area contributed by atoms with Gasteiger partial charge < -0.3 is 14.3 Å². The first-order valence-electron chi connectivity index (χ1n) is 10.8. The van der Waals surface area contributed by atoms with Crippen LogP contribution in [0.2, 0.25) is 5.02 Å². The number of ether oxygens (including phenoxy) is 2. The van der Waals surface area contributed by atoms with Crippen LogP contribution in [0.4, 0.5) is 0 Å². The van der Waals surface area contributed by atoms with Crippen LogP contribution in [-0.2, 0) is 22.7 Å². The summed E-state index contributed by atoms with van der Waals surface area (Å²) in [5.41, 5.74) is 2.74. The molecule has 0 saturated carbocycles. The van der Waals surface area contributed by atoms with Gasteiger partial charge in [-0.25, -0.2) is 0 Å². The van der Waals surface area contributed by atoms with Crippen LogP contribution in [0.3, 0.4) is 0 Å². The molecule has 1 heterocycles. The lowest BCUT2D eigenvalue weighted by Crippen LogP contribution is -2.15. The second kappa shape index (κ2) is 10.5. The summed E-state index contributed by atoms with van der Waals surface area (Å²) in [5, 5.41) is 10.7. The zero-order valence-corrected chi connectivity index (χ0v) is 20.2. The Hall–Kier alpha value is -4.37. The highest BCUT2D eigenvalue weighted by Crippen LogP contribution is 2.31. The summed E-state index contributed by atoms with van der Waals surface area (Å²) in [6, 6.07) is 18.1. The summed E-state index contributed by atoms with van der Waals surface area (Å²) < 4.78 is 12.4. The maximum absolute atomic E-state index is 13.4. The number of hydrogen-bond donors (Lipinski definition) is 0. The predicted octanol–water partition coefficient (Wildman–Crippen LogP) is 5.16. The lowest BCUT2D eigenvalue weighted by atomic mass is 10.1. The van der Waals surface area contributed by atoms with E-state index in [0.29, 0.717) is 44.1 Å². The molecule has 0 N–H and O–H groups in total. The second-order valence-corrected chi connectivity index (χ2v) is 8.33. The van der Waals surface area contributed by atoms with E-state index in [1.54, 1.807) is 72.2 Å². The third-order valence-electron chi connectivity index (χ3n) is 5.62. The van der Waals surface area contributed by atoms with Gasteiger partial charge in [-0.2, -0.15) is 0 Å². The maximum atomic E-state index is 13.4. The molecule has 0 fully saturated rings. The number of benzene rings is 3. The number of rotatable bonds is 8. The van der Waals surface area contributed by atoms with Crippen LogP contribution in [0, 0.1) is 17.0 Å². The van der Waals surface area contributed by atoms with Gasteiger partial charge in [0.2, 0.25) is 0 Å². The molecule has 0 aliphatic heterocycles. The highest BCUT2D eigenvalue weighted by atomic mass is 35.5. The Morgan fingerprint density at radius 2 is 1.78 bits per heavy atom.